The van der Waals surface area contributed by atoms with Crippen LogP contribution < -0.4 is 10.2 Å². The van der Waals surface area contributed by atoms with Crippen LogP contribution in [0.4, 0.5) is 11.4 Å². The number of rotatable bonds is 5. The second kappa shape index (κ2) is 7.29. The topological polar surface area (TPSA) is 41.6 Å². The highest BCUT2D eigenvalue weighted by Crippen LogP contribution is 2.20. The summed E-state index contributed by atoms with van der Waals surface area (Å²) in [4.78, 5) is 14.4. The van der Waals surface area contributed by atoms with Crippen molar-refractivity contribution in [3.8, 4) is 0 Å². The third-order valence-corrected chi connectivity index (χ3v) is 3.86. The number of nitrogens with one attached hydrogen (secondary N) is 1. The average Bonchev–Trinajstić information content (AvgIpc) is 2.51. The van der Waals surface area contributed by atoms with Crippen LogP contribution in [0.3, 0.4) is 0 Å². The molecule has 20 heavy (non-hydrogen) atoms. The van der Waals surface area contributed by atoms with Crippen molar-refractivity contribution in [3.05, 3.63) is 24.3 Å². The van der Waals surface area contributed by atoms with E-state index in [-0.39, 0.29) is 11.8 Å². The molecular formula is C16H24N2O2. The Morgan fingerprint density at radius 3 is 2.35 bits per heavy atom. The van der Waals surface area contributed by atoms with E-state index in [0.29, 0.717) is 13.2 Å². The number of carbonyl (C=O) groups excluding carboxylic acids is 1. The van der Waals surface area contributed by atoms with Gasteiger partial charge in [-0.2, -0.15) is 0 Å². The molecule has 1 saturated heterocycles. The van der Waals surface area contributed by atoms with Crippen molar-refractivity contribution in [1.82, 2.24) is 0 Å². The lowest BCUT2D eigenvalue weighted by molar-refractivity contribution is -0.122. The molecule has 1 N–H and O–H groups in total. The van der Waals surface area contributed by atoms with Crippen molar-refractivity contribution >= 4 is 17.3 Å². The zero-order valence-electron chi connectivity index (χ0n) is 12.4. The van der Waals surface area contributed by atoms with E-state index in [1.807, 2.05) is 12.1 Å². The van der Waals surface area contributed by atoms with Crippen molar-refractivity contribution < 1.29 is 9.53 Å². The lowest BCUT2D eigenvalue weighted by Gasteiger charge is -2.22. The van der Waals surface area contributed by atoms with Crippen molar-refractivity contribution in [2.45, 2.75) is 26.7 Å². The van der Waals surface area contributed by atoms with E-state index in [9.17, 15) is 4.79 Å². The quantitative estimate of drug-likeness (QED) is 0.899. The Kier molecular flexibility index (Phi) is 5.41. The van der Waals surface area contributed by atoms with E-state index >= 15 is 0 Å². The zero-order chi connectivity index (χ0) is 14.4. The summed E-state index contributed by atoms with van der Waals surface area (Å²) in [5, 5.41) is 3.00. The Morgan fingerprint density at radius 1 is 1.20 bits per heavy atom. The first-order chi connectivity index (χ1) is 9.74. The van der Waals surface area contributed by atoms with Gasteiger partial charge in [-0.1, -0.05) is 0 Å². The lowest BCUT2D eigenvalue weighted by atomic mass is 9.99. The van der Waals surface area contributed by atoms with Crippen LogP contribution in [0.25, 0.3) is 0 Å². The van der Waals surface area contributed by atoms with Gasteiger partial charge in [-0.15, -0.1) is 0 Å². The molecule has 1 aliphatic rings. The van der Waals surface area contributed by atoms with Crippen LogP contribution >= 0.6 is 0 Å². The second-order valence-electron chi connectivity index (χ2n) is 5.10. The molecule has 4 heteroatoms. The van der Waals surface area contributed by atoms with Gasteiger partial charge in [-0.25, -0.2) is 0 Å². The van der Waals surface area contributed by atoms with E-state index in [1.165, 1.54) is 5.69 Å². The summed E-state index contributed by atoms with van der Waals surface area (Å²) in [5.41, 5.74) is 2.07. The minimum absolute atomic E-state index is 0.0891. The number of benzene rings is 1. The van der Waals surface area contributed by atoms with E-state index in [1.54, 1.807) is 0 Å². The number of carbonyl (C=O) groups is 1. The molecule has 0 radical (unpaired) electrons. The number of hydrogen-bond donors (Lipinski definition) is 1. The predicted molar refractivity (Wildman–Crippen MR) is 82.2 cm³/mol. The fourth-order valence-electron chi connectivity index (χ4n) is 2.55. The van der Waals surface area contributed by atoms with E-state index < -0.39 is 0 Å². The minimum Gasteiger partial charge on any atom is -0.381 e. The number of amides is 1. The van der Waals surface area contributed by atoms with Gasteiger partial charge in [0.1, 0.15) is 0 Å². The third kappa shape index (κ3) is 3.73. The van der Waals surface area contributed by atoms with Crippen molar-refractivity contribution in [2.24, 2.45) is 5.92 Å². The van der Waals surface area contributed by atoms with Crippen molar-refractivity contribution in [2.75, 3.05) is 36.5 Å². The normalized spacial score (nSPS) is 15.9. The fourth-order valence-corrected chi connectivity index (χ4v) is 2.55. The van der Waals surface area contributed by atoms with Gasteiger partial charge in [-0.3, -0.25) is 4.79 Å². The van der Waals surface area contributed by atoms with Gasteiger partial charge < -0.3 is 15.0 Å². The molecule has 1 aromatic rings. The van der Waals surface area contributed by atoms with Crippen molar-refractivity contribution in [3.63, 3.8) is 0 Å². The van der Waals surface area contributed by atoms with Gasteiger partial charge in [0.2, 0.25) is 5.91 Å². The molecule has 4 nitrogen and oxygen atoms in total. The monoisotopic (exact) mass is 276 g/mol. The molecule has 0 aromatic heterocycles. The first-order valence-electron chi connectivity index (χ1n) is 7.48. The third-order valence-electron chi connectivity index (χ3n) is 3.86. The largest absolute Gasteiger partial charge is 0.381 e. The molecule has 0 saturated carbocycles. The Labute approximate surface area is 121 Å². The summed E-state index contributed by atoms with van der Waals surface area (Å²) in [7, 11) is 0. The van der Waals surface area contributed by atoms with Crippen LogP contribution in [-0.2, 0) is 9.53 Å². The van der Waals surface area contributed by atoms with Gasteiger partial charge in [0.25, 0.3) is 0 Å². The van der Waals surface area contributed by atoms with Gasteiger partial charge in [0.15, 0.2) is 0 Å². The summed E-state index contributed by atoms with van der Waals surface area (Å²) in [5.74, 6) is 0.204. The molecule has 1 aromatic carbocycles. The summed E-state index contributed by atoms with van der Waals surface area (Å²) in [6.07, 6.45) is 1.65. The molecular weight excluding hydrogens is 252 g/mol. The molecule has 0 bridgehead atoms. The number of nitrogens with zero attached hydrogens (tertiary/aromatic N) is 1. The summed E-state index contributed by atoms with van der Waals surface area (Å²) >= 11 is 0. The molecule has 1 fully saturated rings. The molecule has 0 unspecified atom stereocenters. The Bertz CT molecular complexity index is 421. The van der Waals surface area contributed by atoms with E-state index in [2.05, 4.69) is 36.2 Å². The molecule has 2 rings (SSSR count). The Morgan fingerprint density at radius 2 is 1.80 bits per heavy atom. The first kappa shape index (κ1) is 14.9. The smallest absolute Gasteiger partial charge is 0.227 e. The molecule has 0 aliphatic carbocycles. The summed E-state index contributed by atoms with van der Waals surface area (Å²) in [6.45, 7) is 7.65. The van der Waals surface area contributed by atoms with Crippen LogP contribution in [0, 0.1) is 5.92 Å². The maximum Gasteiger partial charge on any atom is 0.227 e. The highest BCUT2D eigenvalue weighted by molar-refractivity contribution is 5.92. The molecule has 110 valence electrons. The summed E-state index contributed by atoms with van der Waals surface area (Å²) < 4.78 is 5.28. The maximum atomic E-state index is 12.1. The Balaban J connectivity index is 1.94. The molecule has 0 spiro atoms. The zero-order valence-corrected chi connectivity index (χ0v) is 12.4. The lowest BCUT2D eigenvalue weighted by Crippen LogP contribution is -2.28. The van der Waals surface area contributed by atoms with Gasteiger partial charge in [-0.05, 0) is 51.0 Å². The first-order valence-corrected chi connectivity index (χ1v) is 7.48. The van der Waals surface area contributed by atoms with Gasteiger partial charge in [0, 0.05) is 43.6 Å². The molecule has 0 atom stereocenters. The highest BCUT2D eigenvalue weighted by Gasteiger charge is 2.21. The molecule has 1 heterocycles. The minimum atomic E-state index is 0.0891. The maximum absolute atomic E-state index is 12.1. The number of hydrogen-bond acceptors (Lipinski definition) is 3. The highest BCUT2D eigenvalue weighted by atomic mass is 16.5. The van der Waals surface area contributed by atoms with Crippen LogP contribution in [0.15, 0.2) is 24.3 Å². The average molecular weight is 276 g/mol. The standard InChI is InChI=1S/C16H24N2O2/c1-3-18(4-2)15-7-5-14(6-8-15)17-16(19)13-9-11-20-12-10-13/h5-8,13H,3-4,9-12H2,1-2H3,(H,17,19). The van der Waals surface area contributed by atoms with E-state index in [4.69, 9.17) is 4.74 Å². The Hall–Kier alpha value is -1.55. The van der Waals surface area contributed by atoms with Crippen LogP contribution in [0.1, 0.15) is 26.7 Å². The molecule has 1 aliphatic heterocycles. The molecule has 1 amide bonds. The van der Waals surface area contributed by atoms with Gasteiger partial charge >= 0.3 is 0 Å². The second-order valence-corrected chi connectivity index (χ2v) is 5.10. The predicted octanol–water partition coefficient (Wildman–Crippen LogP) is 2.90. The number of ether oxygens (including phenoxy) is 1. The number of anilines is 2. The van der Waals surface area contributed by atoms with Crippen LogP contribution in [-0.4, -0.2) is 32.2 Å². The van der Waals surface area contributed by atoms with Gasteiger partial charge in [0.05, 0.1) is 0 Å². The SMILES string of the molecule is CCN(CC)c1ccc(NC(=O)C2CCOCC2)cc1. The fraction of sp³-hybridized carbons (Fsp3) is 0.562. The summed E-state index contributed by atoms with van der Waals surface area (Å²) in [6, 6.07) is 8.08. The van der Waals surface area contributed by atoms with Crippen LogP contribution in [0.5, 0.6) is 0 Å². The van der Waals surface area contributed by atoms with Crippen LogP contribution in [0.2, 0.25) is 0 Å². The van der Waals surface area contributed by atoms with E-state index in [0.717, 1.165) is 31.6 Å². The van der Waals surface area contributed by atoms with Crippen molar-refractivity contribution in [1.29, 1.82) is 0 Å².